The molecule has 0 fully saturated rings. The van der Waals surface area contributed by atoms with E-state index in [1.807, 2.05) is 6.92 Å². The molecule has 0 aromatic rings. The first kappa shape index (κ1) is 11.3. The molecule has 1 aliphatic carbocycles. The van der Waals surface area contributed by atoms with Gasteiger partial charge in [-0.1, -0.05) is 32.4 Å². The maximum absolute atomic E-state index is 10.3. The smallest absolute Gasteiger partial charge is 0.293 e. The van der Waals surface area contributed by atoms with Gasteiger partial charge in [-0.3, -0.25) is 4.79 Å². The fourth-order valence-electron chi connectivity index (χ4n) is 1.85. The summed E-state index contributed by atoms with van der Waals surface area (Å²) in [5.41, 5.74) is 1.46. The fraction of sp³-hybridized carbons (Fsp3) is 0.750. The van der Waals surface area contributed by atoms with Crippen LogP contribution in [0.2, 0.25) is 0 Å². The monoisotopic (exact) mass is 196 g/mol. The lowest BCUT2D eigenvalue weighted by molar-refractivity contribution is -0.142. The van der Waals surface area contributed by atoms with E-state index >= 15 is 0 Å². The summed E-state index contributed by atoms with van der Waals surface area (Å²) >= 11 is 0. The van der Waals surface area contributed by atoms with E-state index in [0.29, 0.717) is 6.47 Å². The first-order chi connectivity index (χ1) is 6.37. The minimum absolute atomic E-state index is 0.252. The summed E-state index contributed by atoms with van der Waals surface area (Å²) in [6.07, 6.45) is 5.05. The molecule has 0 spiro atoms. The van der Waals surface area contributed by atoms with Crippen molar-refractivity contribution in [1.29, 1.82) is 0 Å². The summed E-state index contributed by atoms with van der Waals surface area (Å²) in [5.74, 6) is 0. The molecule has 0 unspecified atom stereocenters. The van der Waals surface area contributed by atoms with Gasteiger partial charge in [0.1, 0.15) is 5.60 Å². The van der Waals surface area contributed by atoms with Crippen molar-refractivity contribution in [1.82, 2.24) is 0 Å². The SMILES string of the molecule is CC(C)(C)C1=CC[C@@](C)(OC=O)CC1. The maximum atomic E-state index is 10.3. The molecule has 0 radical (unpaired) electrons. The van der Waals surface area contributed by atoms with Gasteiger partial charge in [-0.2, -0.15) is 0 Å². The Bertz CT molecular complexity index is 248. The second kappa shape index (κ2) is 3.76. The van der Waals surface area contributed by atoms with Crippen molar-refractivity contribution < 1.29 is 9.53 Å². The van der Waals surface area contributed by atoms with E-state index in [4.69, 9.17) is 4.74 Å². The van der Waals surface area contributed by atoms with Crippen LogP contribution < -0.4 is 0 Å². The van der Waals surface area contributed by atoms with E-state index in [0.717, 1.165) is 19.3 Å². The molecule has 0 heterocycles. The second-order valence-corrected chi connectivity index (χ2v) is 5.35. The second-order valence-electron chi connectivity index (χ2n) is 5.35. The standard InChI is InChI=1S/C12H20O2/c1-11(2,3)10-5-7-12(4,8-6-10)14-9-13/h5,9H,6-8H2,1-4H3/t12-/m1/s1. The van der Waals surface area contributed by atoms with Crippen molar-refractivity contribution in [2.75, 3.05) is 0 Å². The van der Waals surface area contributed by atoms with E-state index < -0.39 is 0 Å². The topological polar surface area (TPSA) is 26.3 Å². The molecule has 0 bridgehead atoms. The van der Waals surface area contributed by atoms with Crippen LogP contribution in [0.3, 0.4) is 0 Å². The van der Waals surface area contributed by atoms with Crippen LogP contribution in [0.4, 0.5) is 0 Å². The fourth-order valence-corrected chi connectivity index (χ4v) is 1.85. The molecule has 14 heavy (non-hydrogen) atoms. The number of carbonyl (C=O) groups excluding carboxylic acids is 1. The van der Waals surface area contributed by atoms with Gasteiger partial charge in [0, 0.05) is 6.42 Å². The van der Waals surface area contributed by atoms with Gasteiger partial charge in [0.25, 0.3) is 6.47 Å². The van der Waals surface area contributed by atoms with Crippen LogP contribution in [-0.4, -0.2) is 12.1 Å². The molecule has 0 aromatic carbocycles. The molecule has 0 amide bonds. The minimum atomic E-state index is -0.267. The number of carbonyl (C=O) groups is 1. The van der Waals surface area contributed by atoms with Crippen LogP contribution in [0, 0.1) is 5.41 Å². The average Bonchev–Trinajstić information content (AvgIpc) is 2.03. The summed E-state index contributed by atoms with van der Waals surface area (Å²) in [6, 6.07) is 0. The van der Waals surface area contributed by atoms with Crippen molar-refractivity contribution in [3.63, 3.8) is 0 Å². The van der Waals surface area contributed by atoms with Crippen molar-refractivity contribution in [2.45, 2.75) is 52.6 Å². The predicted molar refractivity (Wildman–Crippen MR) is 56.9 cm³/mol. The van der Waals surface area contributed by atoms with Gasteiger partial charge < -0.3 is 4.74 Å². The molecular weight excluding hydrogens is 176 g/mol. The number of ether oxygens (including phenoxy) is 1. The summed E-state index contributed by atoms with van der Waals surface area (Å²) in [5, 5.41) is 0. The Balaban J connectivity index is 2.68. The Labute approximate surface area is 86.3 Å². The molecule has 1 atom stereocenters. The first-order valence-electron chi connectivity index (χ1n) is 5.18. The number of rotatable bonds is 2. The van der Waals surface area contributed by atoms with Crippen LogP contribution in [0.15, 0.2) is 11.6 Å². The van der Waals surface area contributed by atoms with E-state index in [1.165, 1.54) is 5.57 Å². The molecule has 80 valence electrons. The molecule has 0 saturated heterocycles. The Hall–Kier alpha value is -0.790. The highest BCUT2D eigenvalue weighted by Gasteiger charge is 2.31. The Morgan fingerprint density at radius 1 is 1.50 bits per heavy atom. The van der Waals surface area contributed by atoms with Crippen molar-refractivity contribution in [2.24, 2.45) is 5.41 Å². The molecular formula is C12H20O2. The Morgan fingerprint density at radius 2 is 2.14 bits per heavy atom. The van der Waals surface area contributed by atoms with Gasteiger partial charge in [-0.15, -0.1) is 0 Å². The number of allylic oxidation sites excluding steroid dienone is 1. The highest BCUT2D eigenvalue weighted by molar-refractivity contribution is 5.38. The predicted octanol–water partition coefficient (Wildman–Crippen LogP) is 3.07. The highest BCUT2D eigenvalue weighted by Crippen LogP contribution is 2.37. The van der Waals surface area contributed by atoms with Gasteiger partial charge in [-0.25, -0.2) is 0 Å². The van der Waals surface area contributed by atoms with Gasteiger partial charge in [0.2, 0.25) is 0 Å². The molecule has 0 aromatic heterocycles. The van der Waals surface area contributed by atoms with Gasteiger partial charge in [-0.05, 0) is 25.2 Å². The molecule has 1 aliphatic rings. The van der Waals surface area contributed by atoms with Crippen LogP contribution in [0.25, 0.3) is 0 Å². The molecule has 2 heteroatoms. The van der Waals surface area contributed by atoms with Crippen molar-refractivity contribution in [3.8, 4) is 0 Å². The molecule has 0 aliphatic heterocycles. The van der Waals surface area contributed by atoms with E-state index in [9.17, 15) is 4.79 Å². The van der Waals surface area contributed by atoms with Gasteiger partial charge >= 0.3 is 0 Å². The summed E-state index contributed by atoms with van der Waals surface area (Å²) < 4.78 is 5.11. The van der Waals surface area contributed by atoms with E-state index in [-0.39, 0.29) is 11.0 Å². The Kier molecular flexibility index (Phi) is 3.03. The maximum Gasteiger partial charge on any atom is 0.293 e. The van der Waals surface area contributed by atoms with E-state index in [1.54, 1.807) is 0 Å². The van der Waals surface area contributed by atoms with E-state index in [2.05, 4.69) is 26.8 Å². The molecule has 0 saturated carbocycles. The number of hydrogen-bond acceptors (Lipinski definition) is 2. The molecule has 0 N–H and O–H groups in total. The number of hydrogen-bond donors (Lipinski definition) is 0. The van der Waals surface area contributed by atoms with Crippen LogP contribution in [-0.2, 0) is 9.53 Å². The highest BCUT2D eigenvalue weighted by atomic mass is 16.5. The lowest BCUT2D eigenvalue weighted by Crippen LogP contribution is -2.31. The van der Waals surface area contributed by atoms with Gasteiger partial charge in [0.05, 0.1) is 0 Å². The van der Waals surface area contributed by atoms with Gasteiger partial charge in [0.15, 0.2) is 0 Å². The van der Waals surface area contributed by atoms with Crippen LogP contribution in [0.1, 0.15) is 47.0 Å². The average molecular weight is 196 g/mol. The third-order valence-electron chi connectivity index (χ3n) is 3.00. The minimum Gasteiger partial charge on any atom is -0.461 e. The first-order valence-corrected chi connectivity index (χ1v) is 5.18. The zero-order chi connectivity index (χ0) is 10.8. The van der Waals surface area contributed by atoms with Crippen molar-refractivity contribution >= 4 is 6.47 Å². The molecule has 1 rings (SSSR count). The lowest BCUT2D eigenvalue weighted by atomic mass is 9.76. The van der Waals surface area contributed by atoms with Crippen LogP contribution >= 0.6 is 0 Å². The normalized spacial score (nSPS) is 28.1. The zero-order valence-corrected chi connectivity index (χ0v) is 9.59. The summed E-state index contributed by atoms with van der Waals surface area (Å²) in [6.45, 7) is 9.24. The Morgan fingerprint density at radius 3 is 2.50 bits per heavy atom. The third kappa shape index (κ3) is 2.60. The van der Waals surface area contributed by atoms with Crippen LogP contribution in [0.5, 0.6) is 0 Å². The lowest BCUT2D eigenvalue weighted by Gasteiger charge is -2.35. The summed E-state index contributed by atoms with van der Waals surface area (Å²) in [4.78, 5) is 10.3. The zero-order valence-electron chi connectivity index (χ0n) is 9.59. The quantitative estimate of drug-likeness (QED) is 0.501. The third-order valence-corrected chi connectivity index (χ3v) is 3.00. The van der Waals surface area contributed by atoms with Crippen molar-refractivity contribution in [3.05, 3.63) is 11.6 Å². The largest absolute Gasteiger partial charge is 0.461 e. The molecule has 2 nitrogen and oxygen atoms in total. The summed E-state index contributed by atoms with van der Waals surface area (Å²) in [7, 11) is 0.